The second kappa shape index (κ2) is 8.22. The number of hydrogen-bond donors (Lipinski definition) is 1. The number of nitrogens with one attached hydrogen (secondary N) is 1. The number of fused-ring (bicyclic) bond motifs is 1. The van der Waals surface area contributed by atoms with Crippen LogP contribution in [0.1, 0.15) is 37.0 Å². The fraction of sp³-hybridized carbons (Fsp3) is 0.474. The molecular formula is C19H22N2O6S. The number of rotatable bonds is 6. The molecule has 0 aliphatic carbocycles. The molecule has 0 aromatic heterocycles. The molecule has 2 fully saturated rings. The highest BCUT2D eigenvalue weighted by Crippen LogP contribution is 2.47. The van der Waals surface area contributed by atoms with E-state index >= 15 is 0 Å². The normalized spacial score (nSPS) is 23.3. The van der Waals surface area contributed by atoms with Gasteiger partial charge in [0.15, 0.2) is 6.61 Å². The molecule has 2 amide bonds. The number of anilines is 1. The van der Waals surface area contributed by atoms with Gasteiger partial charge in [-0.15, -0.1) is 11.8 Å². The van der Waals surface area contributed by atoms with Crippen LogP contribution in [0.4, 0.5) is 5.69 Å². The minimum atomic E-state index is -0.651. The lowest BCUT2D eigenvalue weighted by Crippen LogP contribution is -2.47. The van der Waals surface area contributed by atoms with E-state index in [9.17, 15) is 19.2 Å². The summed E-state index contributed by atoms with van der Waals surface area (Å²) in [6.07, 6.45) is 1.14. The monoisotopic (exact) mass is 406 g/mol. The molecule has 1 aromatic carbocycles. The Balaban J connectivity index is 1.50. The largest absolute Gasteiger partial charge is 0.462 e. The van der Waals surface area contributed by atoms with Crippen molar-refractivity contribution in [2.75, 3.05) is 24.3 Å². The number of benzene rings is 1. The van der Waals surface area contributed by atoms with E-state index in [0.717, 1.165) is 0 Å². The van der Waals surface area contributed by atoms with Crippen molar-refractivity contribution in [3.63, 3.8) is 0 Å². The molecule has 9 heteroatoms. The van der Waals surface area contributed by atoms with Crippen LogP contribution in [-0.4, -0.2) is 58.5 Å². The third-order valence-corrected chi connectivity index (χ3v) is 6.25. The zero-order valence-corrected chi connectivity index (χ0v) is 16.5. The summed E-state index contributed by atoms with van der Waals surface area (Å²) >= 11 is 1.57. The molecule has 2 aliphatic heterocycles. The van der Waals surface area contributed by atoms with Crippen LogP contribution in [0.5, 0.6) is 0 Å². The van der Waals surface area contributed by atoms with E-state index in [0.29, 0.717) is 29.8 Å². The van der Waals surface area contributed by atoms with Crippen LogP contribution in [0.3, 0.4) is 0 Å². The van der Waals surface area contributed by atoms with E-state index in [1.54, 1.807) is 35.7 Å². The Kier molecular flexibility index (Phi) is 5.93. The highest BCUT2D eigenvalue weighted by Gasteiger charge is 2.53. The molecule has 1 aromatic rings. The van der Waals surface area contributed by atoms with Crippen LogP contribution in [-0.2, 0) is 23.9 Å². The third kappa shape index (κ3) is 4.14. The highest BCUT2D eigenvalue weighted by atomic mass is 32.2. The molecular weight excluding hydrogens is 384 g/mol. The second-order valence-electron chi connectivity index (χ2n) is 6.72. The zero-order chi connectivity index (χ0) is 20.3. The first kappa shape index (κ1) is 20.2. The third-order valence-electron chi connectivity index (χ3n) is 4.74. The lowest BCUT2D eigenvalue weighted by molar-refractivity contribution is -0.155. The van der Waals surface area contributed by atoms with Gasteiger partial charge in [0, 0.05) is 17.9 Å². The van der Waals surface area contributed by atoms with Gasteiger partial charge in [0.2, 0.25) is 5.91 Å². The lowest BCUT2D eigenvalue weighted by atomic mass is 10.2. The lowest BCUT2D eigenvalue weighted by Gasteiger charge is -2.29. The van der Waals surface area contributed by atoms with Crippen molar-refractivity contribution < 1.29 is 28.7 Å². The minimum Gasteiger partial charge on any atom is -0.462 e. The van der Waals surface area contributed by atoms with Crippen LogP contribution >= 0.6 is 11.8 Å². The van der Waals surface area contributed by atoms with E-state index in [1.165, 1.54) is 12.1 Å². The van der Waals surface area contributed by atoms with Gasteiger partial charge in [0.05, 0.1) is 17.0 Å². The predicted molar refractivity (Wildman–Crippen MR) is 103 cm³/mol. The Morgan fingerprint density at radius 1 is 1.25 bits per heavy atom. The summed E-state index contributed by atoms with van der Waals surface area (Å²) in [5, 5.41) is 2.59. The summed E-state index contributed by atoms with van der Waals surface area (Å²) in [6.45, 7) is 3.50. The van der Waals surface area contributed by atoms with Gasteiger partial charge < -0.3 is 19.7 Å². The molecule has 1 N–H and O–H groups in total. The molecule has 2 atom stereocenters. The van der Waals surface area contributed by atoms with E-state index < -0.39 is 30.5 Å². The molecule has 28 heavy (non-hydrogen) atoms. The van der Waals surface area contributed by atoms with Gasteiger partial charge in [-0.05, 0) is 44.5 Å². The van der Waals surface area contributed by atoms with Gasteiger partial charge >= 0.3 is 11.9 Å². The molecule has 0 saturated carbocycles. The van der Waals surface area contributed by atoms with Crippen molar-refractivity contribution in [2.24, 2.45) is 0 Å². The van der Waals surface area contributed by atoms with E-state index in [4.69, 9.17) is 9.47 Å². The number of thioether (sulfide) groups is 1. The first-order valence-corrected chi connectivity index (χ1v) is 10.0. The van der Waals surface area contributed by atoms with E-state index in [1.807, 2.05) is 6.92 Å². The highest BCUT2D eigenvalue weighted by molar-refractivity contribution is 8.01. The number of carbonyl (C=O) groups is 4. The van der Waals surface area contributed by atoms with Gasteiger partial charge in [-0.25, -0.2) is 9.59 Å². The van der Waals surface area contributed by atoms with Crippen molar-refractivity contribution >= 4 is 41.2 Å². The summed E-state index contributed by atoms with van der Waals surface area (Å²) in [6, 6.07) is 5.55. The summed E-state index contributed by atoms with van der Waals surface area (Å²) < 4.78 is 10.0. The molecule has 2 aliphatic rings. The Morgan fingerprint density at radius 3 is 2.64 bits per heavy atom. The average molecular weight is 406 g/mol. The maximum atomic E-state index is 12.4. The molecule has 3 rings (SSSR count). The van der Waals surface area contributed by atoms with Crippen molar-refractivity contribution in [1.82, 2.24) is 4.90 Å². The number of amides is 2. The quantitative estimate of drug-likeness (QED) is 0.719. The first-order chi connectivity index (χ1) is 13.3. The fourth-order valence-electron chi connectivity index (χ4n) is 3.33. The summed E-state index contributed by atoms with van der Waals surface area (Å²) in [4.78, 5) is 49.3. The molecule has 150 valence electrons. The maximum Gasteiger partial charge on any atom is 0.338 e. The van der Waals surface area contributed by atoms with Crippen molar-refractivity contribution in [2.45, 2.75) is 37.6 Å². The number of nitrogens with zero attached hydrogens (tertiary/aromatic N) is 1. The molecule has 0 radical (unpaired) electrons. The summed E-state index contributed by atoms with van der Waals surface area (Å²) in [5.74, 6) is -1.09. The predicted octanol–water partition coefficient (Wildman–Crippen LogP) is 1.80. The van der Waals surface area contributed by atoms with Gasteiger partial charge in [0.25, 0.3) is 5.91 Å². The Labute approximate surface area is 166 Å². The van der Waals surface area contributed by atoms with Crippen molar-refractivity contribution in [3.05, 3.63) is 29.8 Å². The van der Waals surface area contributed by atoms with Crippen LogP contribution < -0.4 is 5.32 Å². The molecule has 0 bridgehead atoms. The van der Waals surface area contributed by atoms with E-state index in [2.05, 4.69) is 5.32 Å². The molecule has 0 unspecified atom stereocenters. The Bertz CT molecular complexity index is 796. The molecule has 2 heterocycles. The molecule has 0 spiro atoms. The number of hydrogen-bond acceptors (Lipinski definition) is 7. The fourth-order valence-corrected chi connectivity index (χ4v) is 4.75. The Hall–Kier alpha value is -2.55. The zero-order valence-electron chi connectivity index (χ0n) is 15.7. The number of esters is 2. The van der Waals surface area contributed by atoms with Crippen LogP contribution in [0.15, 0.2) is 24.3 Å². The van der Waals surface area contributed by atoms with Crippen LogP contribution in [0, 0.1) is 0 Å². The van der Waals surface area contributed by atoms with Crippen LogP contribution in [0.25, 0.3) is 0 Å². The molecule has 8 nitrogen and oxygen atoms in total. The van der Waals surface area contributed by atoms with Gasteiger partial charge in [-0.2, -0.15) is 0 Å². The Morgan fingerprint density at radius 2 is 1.96 bits per heavy atom. The number of ether oxygens (including phenoxy) is 2. The second-order valence-corrected chi connectivity index (χ2v) is 8.22. The standard InChI is InChI=1S/C19H22N2O6S/c1-3-26-17(24)12-4-6-13(7-5-12)20-15(22)10-27-18(25)14-11-28-19(2)9-8-16(23)21(14)19/h4-7,14H,3,8-11H2,1-2H3,(H,20,22)/t14-,19-/m0/s1. The SMILES string of the molecule is CCOC(=O)c1ccc(NC(=O)COC(=O)[C@@H]2CS[C@@]3(C)CCC(=O)N23)cc1. The van der Waals surface area contributed by atoms with Crippen LogP contribution in [0.2, 0.25) is 0 Å². The molecule has 2 saturated heterocycles. The summed E-state index contributed by atoms with van der Waals surface area (Å²) in [5.41, 5.74) is 0.844. The van der Waals surface area contributed by atoms with Gasteiger partial charge in [0.1, 0.15) is 6.04 Å². The van der Waals surface area contributed by atoms with Gasteiger partial charge in [-0.1, -0.05) is 0 Å². The first-order valence-electron chi connectivity index (χ1n) is 9.04. The maximum absolute atomic E-state index is 12.4. The topological polar surface area (TPSA) is 102 Å². The number of carbonyl (C=O) groups excluding carboxylic acids is 4. The van der Waals surface area contributed by atoms with Crippen molar-refractivity contribution in [1.29, 1.82) is 0 Å². The van der Waals surface area contributed by atoms with E-state index in [-0.39, 0.29) is 17.4 Å². The van der Waals surface area contributed by atoms with Gasteiger partial charge in [-0.3, -0.25) is 9.59 Å². The summed E-state index contributed by atoms with van der Waals surface area (Å²) in [7, 11) is 0. The van der Waals surface area contributed by atoms with Crippen molar-refractivity contribution in [3.8, 4) is 0 Å². The smallest absolute Gasteiger partial charge is 0.338 e. The minimum absolute atomic E-state index is 0.0550. The average Bonchev–Trinajstić information content (AvgIpc) is 3.16.